The van der Waals surface area contributed by atoms with E-state index >= 15 is 0 Å². The highest BCUT2D eigenvalue weighted by atomic mass is 35.5. The zero-order chi connectivity index (χ0) is 17.4. The van der Waals surface area contributed by atoms with Crippen molar-refractivity contribution in [3.63, 3.8) is 0 Å². The maximum atomic E-state index is 12.1. The molecule has 25 heavy (non-hydrogen) atoms. The molecule has 0 spiro atoms. The van der Waals surface area contributed by atoms with Gasteiger partial charge in [0.2, 0.25) is 5.91 Å². The fraction of sp³-hybridized carbons (Fsp3) is 0.450. The number of hydrogen-bond donors (Lipinski definition) is 0. The van der Waals surface area contributed by atoms with E-state index in [9.17, 15) is 4.79 Å². The van der Waals surface area contributed by atoms with Gasteiger partial charge in [0, 0.05) is 56.0 Å². The maximum absolute atomic E-state index is 12.1. The molecule has 0 bridgehead atoms. The molecule has 2 aromatic rings. The molecule has 0 radical (unpaired) electrons. The predicted octanol–water partition coefficient (Wildman–Crippen LogP) is 4.24. The first-order valence-electron chi connectivity index (χ1n) is 8.88. The van der Waals surface area contributed by atoms with Crippen LogP contribution in [0.1, 0.15) is 30.4 Å². The van der Waals surface area contributed by atoms with Gasteiger partial charge in [-0.15, -0.1) is 0 Å². The van der Waals surface area contributed by atoms with E-state index in [2.05, 4.69) is 38.8 Å². The minimum absolute atomic E-state index is 0.219. The van der Waals surface area contributed by atoms with E-state index in [1.165, 1.54) is 11.1 Å². The number of rotatable bonds is 3. The van der Waals surface area contributed by atoms with Crippen LogP contribution in [-0.4, -0.2) is 41.4 Å². The van der Waals surface area contributed by atoms with Gasteiger partial charge in [-0.2, -0.15) is 11.3 Å². The van der Waals surface area contributed by atoms with Crippen LogP contribution in [0.15, 0.2) is 41.1 Å². The monoisotopic (exact) mass is 374 g/mol. The van der Waals surface area contributed by atoms with Crippen LogP contribution in [0.5, 0.6) is 0 Å². The number of piperidine rings is 1. The molecule has 0 aliphatic carbocycles. The van der Waals surface area contributed by atoms with E-state index in [0.29, 0.717) is 17.9 Å². The molecule has 1 aromatic carbocycles. The molecule has 3 nitrogen and oxygen atoms in total. The van der Waals surface area contributed by atoms with E-state index in [1.54, 1.807) is 18.3 Å². The molecule has 0 N–H and O–H groups in total. The third kappa shape index (κ3) is 3.48. The number of benzene rings is 1. The van der Waals surface area contributed by atoms with Crippen LogP contribution in [0.25, 0.3) is 0 Å². The highest BCUT2D eigenvalue weighted by Gasteiger charge is 2.46. The van der Waals surface area contributed by atoms with Gasteiger partial charge < -0.3 is 4.90 Å². The lowest BCUT2D eigenvalue weighted by atomic mass is 9.82. The number of likely N-dealkylation sites (tertiary alicyclic amines) is 2. The average molecular weight is 375 g/mol. The minimum atomic E-state index is 0.219. The van der Waals surface area contributed by atoms with Gasteiger partial charge in [-0.05, 0) is 46.5 Å². The third-order valence-electron chi connectivity index (χ3n) is 5.69. The first-order valence-corrected chi connectivity index (χ1v) is 10.2. The number of hydrogen-bond acceptors (Lipinski definition) is 3. The van der Waals surface area contributed by atoms with Crippen LogP contribution in [0.4, 0.5) is 0 Å². The lowest BCUT2D eigenvalue weighted by molar-refractivity contribution is -0.130. The summed E-state index contributed by atoms with van der Waals surface area (Å²) in [7, 11) is 0. The fourth-order valence-electron chi connectivity index (χ4n) is 4.54. The summed E-state index contributed by atoms with van der Waals surface area (Å²) < 4.78 is 0. The molecule has 5 heteroatoms. The summed E-state index contributed by atoms with van der Waals surface area (Å²) in [4.78, 5) is 16.8. The van der Waals surface area contributed by atoms with Crippen molar-refractivity contribution >= 4 is 28.8 Å². The number of nitrogens with zero attached hydrogens (tertiary/aromatic N) is 2. The van der Waals surface area contributed by atoms with Gasteiger partial charge in [0.05, 0.1) is 0 Å². The summed E-state index contributed by atoms with van der Waals surface area (Å²) in [6.45, 7) is 5.59. The molecule has 2 aliphatic rings. The fourth-order valence-corrected chi connectivity index (χ4v) is 5.48. The molecule has 2 fully saturated rings. The minimum Gasteiger partial charge on any atom is -0.339 e. The van der Waals surface area contributed by atoms with Crippen molar-refractivity contribution in [2.75, 3.05) is 19.6 Å². The van der Waals surface area contributed by atoms with Gasteiger partial charge in [-0.25, -0.2) is 0 Å². The molecule has 0 saturated carbocycles. The quantitative estimate of drug-likeness (QED) is 0.802. The standard InChI is InChI=1S/C20H23ClN2OS/c1-14(24)23-12-18(16-6-8-25-13-16)19-11-22(7-5-20(19)23)10-15-3-2-4-17(21)9-15/h2-4,6,8-9,13,18-20H,5,7,10-12H2,1H3/t18-,19-,20-/m0/s1. The molecule has 2 aliphatic heterocycles. The van der Waals surface area contributed by atoms with Crippen molar-refractivity contribution in [1.82, 2.24) is 9.80 Å². The molecule has 1 aromatic heterocycles. The molecule has 3 atom stereocenters. The molecule has 1 amide bonds. The van der Waals surface area contributed by atoms with Gasteiger partial charge in [0.1, 0.15) is 0 Å². The summed E-state index contributed by atoms with van der Waals surface area (Å²) in [6, 6.07) is 10.8. The highest BCUT2D eigenvalue weighted by Crippen LogP contribution is 2.42. The molecule has 2 saturated heterocycles. The second-order valence-corrected chi connectivity index (χ2v) is 8.44. The number of halogens is 1. The Morgan fingerprint density at radius 1 is 1.32 bits per heavy atom. The van der Waals surface area contributed by atoms with E-state index in [4.69, 9.17) is 11.6 Å². The Kier molecular flexibility index (Phi) is 4.85. The van der Waals surface area contributed by atoms with Crippen molar-refractivity contribution in [1.29, 1.82) is 0 Å². The Morgan fingerprint density at radius 3 is 2.92 bits per heavy atom. The smallest absolute Gasteiger partial charge is 0.219 e. The Hall–Kier alpha value is -1.36. The second-order valence-electron chi connectivity index (χ2n) is 7.22. The van der Waals surface area contributed by atoms with Crippen molar-refractivity contribution in [3.05, 3.63) is 57.2 Å². The topological polar surface area (TPSA) is 23.6 Å². The Labute approximate surface area is 158 Å². The maximum Gasteiger partial charge on any atom is 0.219 e. The number of amides is 1. The second kappa shape index (κ2) is 7.10. The highest BCUT2D eigenvalue weighted by molar-refractivity contribution is 7.08. The number of carbonyl (C=O) groups excluding carboxylic acids is 1. The molecule has 3 heterocycles. The normalized spacial score (nSPS) is 26.6. The van der Waals surface area contributed by atoms with Crippen LogP contribution >= 0.6 is 22.9 Å². The summed E-state index contributed by atoms with van der Waals surface area (Å²) in [5.41, 5.74) is 2.66. The van der Waals surface area contributed by atoms with E-state index < -0.39 is 0 Å². The molecule has 0 unspecified atom stereocenters. The van der Waals surface area contributed by atoms with Crippen LogP contribution in [-0.2, 0) is 11.3 Å². The average Bonchev–Trinajstić information content (AvgIpc) is 3.21. The number of fused-ring (bicyclic) bond motifs is 1. The van der Waals surface area contributed by atoms with Crippen LogP contribution in [0.3, 0.4) is 0 Å². The Balaban J connectivity index is 1.53. The number of thiophene rings is 1. The lowest BCUT2D eigenvalue weighted by Crippen LogP contribution is -2.47. The van der Waals surface area contributed by atoms with Gasteiger partial charge >= 0.3 is 0 Å². The van der Waals surface area contributed by atoms with Crippen LogP contribution in [0, 0.1) is 5.92 Å². The molecular weight excluding hydrogens is 352 g/mol. The summed E-state index contributed by atoms with van der Waals surface area (Å²) >= 11 is 7.88. The van der Waals surface area contributed by atoms with Crippen molar-refractivity contribution in [3.8, 4) is 0 Å². The number of carbonyl (C=O) groups is 1. The van der Waals surface area contributed by atoms with Crippen molar-refractivity contribution in [2.24, 2.45) is 5.92 Å². The van der Waals surface area contributed by atoms with Crippen molar-refractivity contribution < 1.29 is 4.79 Å². The van der Waals surface area contributed by atoms with Crippen LogP contribution < -0.4 is 0 Å². The van der Waals surface area contributed by atoms with Gasteiger partial charge in [-0.3, -0.25) is 9.69 Å². The third-order valence-corrected chi connectivity index (χ3v) is 6.62. The zero-order valence-corrected chi connectivity index (χ0v) is 16.0. The van der Waals surface area contributed by atoms with E-state index in [-0.39, 0.29) is 5.91 Å². The van der Waals surface area contributed by atoms with Crippen LogP contribution in [0.2, 0.25) is 5.02 Å². The molecular formula is C20H23ClN2OS. The van der Waals surface area contributed by atoms with Gasteiger partial charge in [-0.1, -0.05) is 23.7 Å². The van der Waals surface area contributed by atoms with E-state index in [0.717, 1.165) is 37.6 Å². The summed E-state index contributed by atoms with van der Waals surface area (Å²) in [5, 5.41) is 5.20. The van der Waals surface area contributed by atoms with Crippen molar-refractivity contribution in [2.45, 2.75) is 31.8 Å². The summed E-state index contributed by atoms with van der Waals surface area (Å²) in [6.07, 6.45) is 1.06. The predicted molar refractivity (Wildman–Crippen MR) is 103 cm³/mol. The largest absolute Gasteiger partial charge is 0.339 e. The van der Waals surface area contributed by atoms with E-state index in [1.807, 2.05) is 12.1 Å². The van der Waals surface area contributed by atoms with Gasteiger partial charge in [0.25, 0.3) is 0 Å². The molecule has 4 rings (SSSR count). The Bertz CT molecular complexity index is 748. The summed E-state index contributed by atoms with van der Waals surface area (Å²) in [5.74, 6) is 1.20. The zero-order valence-electron chi connectivity index (χ0n) is 14.4. The first kappa shape index (κ1) is 17.1. The van der Waals surface area contributed by atoms with Gasteiger partial charge in [0.15, 0.2) is 0 Å². The molecule has 132 valence electrons. The first-order chi connectivity index (χ1) is 12.1. The lowest BCUT2D eigenvalue weighted by Gasteiger charge is -2.38. The Morgan fingerprint density at radius 2 is 2.20 bits per heavy atom. The SMILES string of the molecule is CC(=O)N1C[C@@H](c2ccsc2)[C@@H]2CN(Cc3cccc(Cl)c3)CC[C@@H]21.